The molecule has 1 aromatic carbocycles. The van der Waals surface area contributed by atoms with Crippen molar-refractivity contribution >= 4 is 28.7 Å². The van der Waals surface area contributed by atoms with Crippen LogP contribution in [0.3, 0.4) is 0 Å². The molecule has 2 N–H and O–H groups in total. The molecule has 2 aliphatic rings. The molecule has 1 saturated heterocycles. The number of fused-ring (bicyclic) bond motifs is 2. The Bertz CT molecular complexity index is 1380. The van der Waals surface area contributed by atoms with Gasteiger partial charge in [0.25, 0.3) is 5.91 Å². The number of aromatic nitrogens is 3. The second-order valence-corrected chi connectivity index (χ2v) is 9.09. The predicted octanol–water partition coefficient (Wildman–Crippen LogP) is 3.44. The minimum absolute atomic E-state index is 0.0709. The molecule has 0 atom stereocenters. The normalized spacial score (nSPS) is 16.1. The van der Waals surface area contributed by atoms with E-state index in [2.05, 4.69) is 73.2 Å². The molecular formula is C26H27N7O. The zero-order valence-corrected chi connectivity index (χ0v) is 19.4. The number of pyridine rings is 2. The zero-order chi connectivity index (χ0) is 23.2. The van der Waals surface area contributed by atoms with Gasteiger partial charge in [0.05, 0.1) is 35.0 Å². The highest BCUT2D eigenvalue weighted by atomic mass is 16.1. The Balaban J connectivity index is 1.31. The van der Waals surface area contributed by atoms with Crippen LogP contribution in [0.2, 0.25) is 0 Å². The summed E-state index contributed by atoms with van der Waals surface area (Å²) in [5.41, 5.74) is 7.57. The number of nitrogens with one attached hydrogen (secondary N) is 2. The molecule has 1 fully saturated rings. The molecule has 2 aliphatic heterocycles. The van der Waals surface area contributed by atoms with Crippen LogP contribution in [0.15, 0.2) is 55.0 Å². The van der Waals surface area contributed by atoms with Crippen molar-refractivity contribution < 1.29 is 4.79 Å². The minimum Gasteiger partial charge on any atom is -0.368 e. The Morgan fingerprint density at radius 1 is 0.971 bits per heavy atom. The van der Waals surface area contributed by atoms with Crippen LogP contribution in [-0.2, 0) is 6.54 Å². The third-order valence-electron chi connectivity index (χ3n) is 6.77. The molecule has 34 heavy (non-hydrogen) atoms. The maximum atomic E-state index is 12.8. The molecule has 1 amide bonds. The number of anilines is 3. The van der Waals surface area contributed by atoms with Crippen molar-refractivity contribution in [2.45, 2.75) is 13.5 Å². The fourth-order valence-corrected chi connectivity index (χ4v) is 4.83. The monoisotopic (exact) mass is 453 g/mol. The van der Waals surface area contributed by atoms with Gasteiger partial charge in [0.1, 0.15) is 11.5 Å². The molecule has 5 heterocycles. The van der Waals surface area contributed by atoms with E-state index in [9.17, 15) is 4.79 Å². The number of carbonyl (C=O) groups excluding carboxylic acids is 1. The highest BCUT2D eigenvalue weighted by Crippen LogP contribution is 2.35. The number of hydrogen-bond donors (Lipinski definition) is 2. The third kappa shape index (κ3) is 3.56. The average molecular weight is 454 g/mol. The van der Waals surface area contributed by atoms with E-state index in [1.54, 1.807) is 0 Å². The highest BCUT2D eigenvalue weighted by Gasteiger charge is 2.27. The van der Waals surface area contributed by atoms with Gasteiger partial charge in [-0.15, -0.1) is 0 Å². The number of benzene rings is 1. The summed E-state index contributed by atoms with van der Waals surface area (Å²) in [4.78, 5) is 26.7. The molecule has 0 unspecified atom stereocenters. The molecule has 0 saturated carbocycles. The van der Waals surface area contributed by atoms with E-state index in [4.69, 9.17) is 0 Å². The summed E-state index contributed by atoms with van der Waals surface area (Å²) < 4.78 is 2.08. The van der Waals surface area contributed by atoms with E-state index in [0.717, 1.165) is 71.4 Å². The second kappa shape index (κ2) is 8.14. The Morgan fingerprint density at radius 2 is 1.82 bits per heavy atom. The highest BCUT2D eigenvalue weighted by molar-refractivity contribution is 6.06. The molecule has 3 aromatic heterocycles. The summed E-state index contributed by atoms with van der Waals surface area (Å²) in [6.07, 6.45) is 5.86. The van der Waals surface area contributed by atoms with Gasteiger partial charge >= 0.3 is 0 Å². The number of carbonyl (C=O) groups is 1. The summed E-state index contributed by atoms with van der Waals surface area (Å²) in [6, 6.07) is 12.2. The van der Waals surface area contributed by atoms with Gasteiger partial charge < -0.3 is 20.4 Å². The van der Waals surface area contributed by atoms with Crippen molar-refractivity contribution in [3.63, 3.8) is 0 Å². The lowest BCUT2D eigenvalue weighted by molar-refractivity contribution is 0.0966. The van der Waals surface area contributed by atoms with Gasteiger partial charge in [0, 0.05) is 44.5 Å². The van der Waals surface area contributed by atoms with E-state index >= 15 is 0 Å². The fraction of sp³-hybridized carbons (Fsp3) is 0.269. The molecule has 0 bridgehead atoms. The van der Waals surface area contributed by atoms with Crippen LogP contribution in [-0.4, -0.2) is 58.4 Å². The lowest BCUT2D eigenvalue weighted by Gasteiger charge is -2.33. The minimum atomic E-state index is -0.0709. The first kappa shape index (κ1) is 20.7. The average Bonchev–Trinajstić information content (AvgIpc) is 3.44. The zero-order valence-electron chi connectivity index (χ0n) is 19.4. The van der Waals surface area contributed by atoms with Gasteiger partial charge in [-0.05, 0) is 49.4 Å². The van der Waals surface area contributed by atoms with Crippen LogP contribution in [0.5, 0.6) is 0 Å². The van der Waals surface area contributed by atoms with Crippen molar-refractivity contribution in [3.8, 4) is 11.3 Å². The molecule has 172 valence electrons. The van der Waals surface area contributed by atoms with Crippen molar-refractivity contribution in [1.29, 1.82) is 0 Å². The summed E-state index contributed by atoms with van der Waals surface area (Å²) in [6.45, 7) is 6.67. The Hall–Kier alpha value is -3.91. The number of likely N-dealkylation sites (N-methyl/N-ethyl adjacent to an activating group) is 1. The van der Waals surface area contributed by atoms with E-state index in [1.807, 2.05) is 30.6 Å². The fourth-order valence-electron chi connectivity index (χ4n) is 4.83. The molecule has 4 aromatic rings. The first-order chi connectivity index (χ1) is 16.6. The van der Waals surface area contributed by atoms with Crippen molar-refractivity contribution in [3.05, 3.63) is 71.7 Å². The first-order valence-corrected chi connectivity index (χ1v) is 11.6. The Morgan fingerprint density at radius 3 is 2.62 bits per heavy atom. The Labute approximate surface area is 198 Å². The SMILES string of the molecule is Cc1ccc2ncc(-c3ccc(Nc4ccc(N5CCN(C)CC5)cn4)c4c3CNC4=O)n2c1. The summed E-state index contributed by atoms with van der Waals surface area (Å²) >= 11 is 0. The number of hydrogen-bond acceptors (Lipinski definition) is 6. The lowest BCUT2D eigenvalue weighted by atomic mass is 9.99. The van der Waals surface area contributed by atoms with E-state index in [-0.39, 0.29) is 5.91 Å². The molecule has 8 heteroatoms. The van der Waals surface area contributed by atoms with Crippen LogP contribution in [0.4, 0.5) is 17.2 Å². The van der Waals surface area contributed by atoms with E-state index in [1.165, 1.54) is 0 Å². The van der Waals surface area contributed by atoms with Crippen molar-refractivity contribution in [2.24, 2.45) is 0 Å². The van der Waals surface area contributed by atoms with Gasteiger partial charge in [-0.2, -0.15) is 0 Å². The number of piperazine rings is 1. The topological polar surface area (TPSA) is 77.8 Å². The van der Waals surface area contributed by atoms with Crippen LogP contribution >= 0.6 is 0 Å². The number of imidazole rings is 1. The maximum absolute atomic E-state index is 12.8. The quantitative estimate of drug-likeness (QED) is 0.493. The summed E-state index contributed by atoms with van der Waals surface area (Å²) in [5.74, 6) is 0.649. The maximum Gasteiger partial charge on any atom is 0.254 e. The van der Waals surface area contributed by atoms with Gasteiger partial charge in [0.2, 0.25) is 0 Å². The molecule has 6 rings (SSSR count). The molecular weight excluding hydrogens is 426 g/mol. The van der Waals surface area contributed by atoms with Gasteiger partial charge in [-0.1, -0.05) is 12.1 Å². The second-order valence-electron chi connectivity index (χ2n) is 9.09. The number of amides is 1. The third-order valence-corrected chi connectivity index (χ3v) is 6.77. The van der Waals surface area contributed by atoms with Crippen LogP contribution < -0.4 is 15.5 Å². The van der Waals surface area contributed by atoms with Crippen molar-refractivity contribution in [1.82, 2.24) is 24.6 Å². The largest absolute Gasteiger partial charge is 0.368 e. The molecule has 0 spiro atoms. The molecule has 8 nitrogen and oxygen atoms in total. The van der Waals surface area contributed by atoms with Crippen LogP contribution in [0.25, 0.3) is 16.9 Å². The number of rotatable bonds is 4. The van der Waals surface area contributed by atoms with Gasteiger partial charge in [-0.25, -0.2) is 9.97 Å². The van der Waals surface area contributed by atoms with E-state index < -0.39 is 0 Å². The smallest absolute Gasteiger partial charge is 0.254 e. The van der Waals surface area contributed by atoms with E-state index in [0.29, 0.717) is 12.1 Å². The van der Waals surface area contributed by atoms with Gasteiger partial charge in [-0.3, -0.25) is 9.20 Å². The molecule has 0 radical (unpaired) electrons. The van der Waals surface area contributed by atoms with Gasteiger partial charge in [0.15, 0.2) is 0 Å². The Kier molecular flexibility index (Phi) is 4.95. The summed E-state index contributed by atoms with van der Waals surface area (Å²) in [7, 11) is 2.15. The predicted molar refractivity (Wildman–Crippen MR) is 134 cm³/mol. The van der Waals surface area contributed by atoms with Crippen molar-refractivity contribution in [2.75, 3.05) is 43.4 Å². The summed E-state index contributed by atoms with van der Waals surface area (Å²) in [5, 5.41) is 6.36. The number of nitrogens with zero attached hydrogens (tertiary/aromatic N) is 5. The standard InChI is InChI=1S/C26H27N7O/c1-17-3-8-24-28-15-22(33(24)16-17)19-5-6-21(25-20(19)14-29-26(25)34)30-23-7-4-18(13-27-23)32-11-9-31(2)10-12-32/h3-8,13,15-16H,9-12,14H2,1-2H3,(H,27,30)(H,29,34). The van der Waals surface area contributed by atoms with Crippen LogP contribution in [0, 0.1) is 6.92 Å². The number of aryl methyl sites for hydroxylation is 1. The lowest BCUT2D eigenvalue weighted by Crippen LogP contribution is -2.44. The first-order valence-electron chi connectivity index (χ1n) is 11.6. The molecule has 0 aliphatic carbocycles. The van der Waals surface area contributed by atoms with Crippen LogP contribution in [0.1, 0.15) is 21.5 Å².